The maximum Gasteiger partial charge on any atom is 0.410 e. The minimum absolute atomic E-state index is 0.00783. The van der Waals surface area contributed by atoms with Gasteiger partial charge >= 0.3 is 12.1 Å². The molecule has 0 bridgehead atoms. The zero-order chi connectivity index (χ0) is 44.8. The van der Waals surface area contributed by atoms with Crippen LogP contribution in [0.2, 0.25) is 0 Å². The van der Waals surface area contributed by atoms with E-state index in [1.165, 1.54) is 35.2 Å². The van der Waals surface area contributed by atoms with Crippen LogP contribution >= 0.6 is 0 Å². The Morgan fingerprint density at radius 1 is 1.08 bits per heavy atom. The molecule has 6 rings (SSSR count). The first-order valence-electron chi connectivity index (χ1n) is 19.4. The monoisotopic (exact) mass is 890 g/mol. The molecule has 2 heterocycles. The number of nitro benzene ring substituents is 1. The molecule has 3 fully saturated rings. The van der Waals surface area contributed by atoms with Crippen LogP contribution in [0.3, 0.4) is 0 Å². The van der Waals surface area contributed by atoms with Crippen LogP contribution < -0.4 is 10.0 Å². The number of sulfonamides is 2. The van der Waals surface area contributed by atoms with Crippen LogP contribution in [0.1, 0.15) is 64.0 Å². The van der Waals surface area contributed by atoms with Crippen LogP contribution in [0, 0.1) is 27.8 Å². The first-order valence-corrected chi connectivity index (χ1v) is 22.4. The number of carbonyl (C=O) groups is 5. The first-order chi connectivity index (χ1) is 28.5. The van der Waals surface area contributed by atoms with Crippen molar-refractivity contribution in [1.29, 1.82) is 0 Å². The van der Waals surface area contributed by atoms with Gasteiger partial charge in [-0.2, -0.15) is 4.31 Å². The maximum atomic E-state index is 14.8. The van der Waals surface area contributed by atoms with E-state index < -0.39 is 131 Å². The van der Waals surface area contributed by atoms with E-state index in [4.69, 9.17) is 9.47 Å². The second kappa shape index (κ2) is 16.8. The Labute approximate surface area is 351 Å². The fraction of sp³-hybridized carbons (Fsp3) is 0.513. The van der Waals surface area contributed by atoms with Crippen molar-refractivity contribution in [3.8, 4) is 0 Å². The minimum Gasteiger partial charge on any atom is -0.460 e. The summed E-state index contributed by atoms with van der Waals surface area (Å²) >= 11 is 0. The van der Waals surface area contributed by atoms with Crippen molar-refractivity contribution in [3.63, 3.8) is 0 Å². The van der Waals surface area contributed by atoms with Crippen molar-refractivity contribution in [2.24, 2.45) is 11.8 Å². The largest absolute Gasteiger partial charge is 0.460 e. The van der Waals surface area contributed by atoms with E-state index in [1.54, 1.807) is 26.8 Å². The van der Waals surface area contributed by atoms with Crippen molar-refractivity contribution in [2.45, 2.75) is 99.4 Å². The Morgan fingerprint density at radius 3 is 2.38 bits per heavy atom. The van der Waals surface area contributed by atoms with Gasteiger partial charge in [-0.15, -0.1) is 6.58 Å². The van der Waals surface area contributed by atoms with E-state index in [9.17, 15) is 55.3 Å². The van der Waals surface area contributed by atoms with E-state index in [1.807, 2.05) is 4.72 Å². The molecule has 22 heteroatoms. The molecule has 0 aromatic heterocycles. The van der Waals surface area contributed by atoms with Gasteiger partial charge in [-0.1, -0.05) is 30.3 Å². The van der Waals surface area contributed by atoms with E-state index in [0.717, 1.165) is 24.1 Å². The number of nitrogens with one attached hydrogen (secondary N) is 2. The average molecular weight is 891 g/mol. The smallest absolute Gasteiger partial charge is 0.410 e. The number of halogens is 1. The molecular weight excluding hydrogens is 844 g/mol. The van der Waals surface area contributed by atoms with Crippen molar-refractivity contribution in [3.05, 3.63) is 82.2 Å². The van der Waals surface area contributed by atoms with Gasteiger partial charge in [-0.3, -0.25) is 38.9 Å². The van der Waals surface area contributed by atoms with Gasteiger partial charge in [0.05, 0.1) is 35.6 Å². The molecule has 330 valence electrons. The Morgan fingerprint density at radius 2 is 1.77 bits per heavy atom. The fourth-order valence-corrected chi connectivity index (χ4v) is 10.3. The zero-order valence-corrected chi connectivity index (χ0v) is 35.5. The normalized spacial score (nSPS) is 22.8. The number of ether oxygens (including phenoxy) is 2. The zero-order valence-electron chi connectivity index (χ0n) is 33.9. The Bertz CT molecular complexity index is 2390. The lowest BCUT2D eigenvalue weighted by molar-refractivity contribution is -0.387. The van der Waals surface area contributed by atoms with Gasteiger partial charge in [0.25, 0.3) is 11.6 Å². The molecule has 19 nitrogen and oxygen atoms in total. The molecule has 2 aliphatic heterocycles. The lowest BCUT2D eigenvalue weighted by Crippen LogP contribution is -2.57. The van der Waals surface area contributed by atoms with Gasteiger partial charge in [-0.25, -0.2) is 26.0 Å². The number of likely N-dealkylation sites (tertiary alicyclic amines) is 1. The third-order valence-corrected chi connectivity index (χ3v) is 14.6. The van der Waals surface area contributed by atoms with Crippen molar-refractivity contribution in [2.75, 3.05) is 20.1 Å². The summed E-state index contributed by atoms with van der Waals surface area (Å²) in [5, 5.41) is 13.6. The van der Waals surface area contributed by atoms with Crippen LogP contribution in [0.4, 0.5) is 14.9 Å². The second-order valence-electron chi connectivity index (χ2n) is 16.7. The van der Waals surface area contributed by atoms with Crippen LogP contribution in [0.15, 0.2) is 60.0 Å². The predicted octanol–water partition coefficient (Wildman–Crippen LogP) is 2.49. The molecule has 2 aliphatic carbocycles. The number of hydrogen-bond donors (Lipinski definition) is 2. The molecule has 0 spiro atoms. The number of amides is 4. The summed E-state index contributed by atoms with van der Waals surface area (Å²) in [6.45, 7) is 7.06. The highest BCUT2D eigenvalue weighted by atomic mass is 32.2. The lowest BCUT2D eigenvalue weighted by atomic mass is 10.0. The number of esters is 1. The molecule has 61 heavy (non-hydrogen) atoms. The molecule has 5 atom stereocenters. The summed E-state index contributed by atoms with van der Waals surface area (Å²) in [7, 11) is -7.69. The average Bonchev–Trinajstić information content (AvgIpc) is 4.07. The second-order valence-corrected chi connectivity index (χ2v) is 20.6. The van der Waals surface area contributed by atoms with E-state index in [-0.39, 0.29) is 25.9 Å². The third kappa shape index (κ3) is 9.70. The Balaban J connectivity index is 1.30. The van der Waals surface area contributed by atoms with E-state index in [0.29, 0.717) is 28.3 Å². The van der Waals surface area contributed by atoms with E-state index >= 15 is 0 Å². The van der Waals surface area contributed by atoms with Gasteiger partial charge in [0, 0.05) is 44.1 Å². The van der Waals surface area contributed by atoms with Gasteiger partial charge in [0.15, 0.2) is 4.90 Å². The number of nitro groups is 1. The van der Waals surface area contributed by atoms with Crippen LogP contribution in [-0.2, 0) is 61.8 Å². The SMILES string of the molecule is C=C[C@@H]1C[C@]1(NC(=O)[C@@H]1C[C@@H](OC(=O)N2Cc3cccc(F)c3C2)CN1C(=O)[C@@H](CC(=O)OC(C)(C)C)CN(C)S(=O)(=O)c1ccccc1[N+](=O)[O-])C(=O)NS(=O)(=O)C1CC1. The molecule has 0 unspecified atom stereocenters. The number of hydrogen-bond acceptors (Lipinski definition) is 13. The highest BCUT2D eigenvalue weighted by Gasteiger charge is 2.62. The summed E-state index contributed by atoms with van der Waals surface area (Å²) < 4.78 is 81.5. The summed E-state index contributed by atoms with van der Waals surface area (Å²) in [6.07, 6.45) is -1.15. The predicted molar refractivity (Wildman–Crippen MR) is 212 cm³/mol. The number of benzene rings is 2. The molecular formula is C39H47FN6O13S2. The summed E-state index contributed by atoms with van der Waals surface area (Å²) in [5.74, 6) is -6.69. The standard InChI is InChI=1S/C39H47FN6O13S2/c1-6-25-18-39(25,36(50)42-60(54,55)27-14-15-27)41-34(48)31-17-26(58-37(51)44-20-23-10-9-11-29(40)28(23)22-44)21-45(31)35(49)24(16-33(47)59-38(2,3)4)19-43(5)61(56,57)32-13-8-7-12-30(32)46(52)53/h6-13,24-27,31H,1,14-22H2,2-5H3,(H,41,48)(H,42,50)/t24-,25+,26+,31-,39+/m0/s1. The number of nitrogens with zero attached hydrogens (tertiary/aromatic N) is 4. The highest BCUT2D eigenvalue weighted by Crippen LogP contribution is 2.45. The quantitative estimate of drug-likeness (QED) is 0.113. The highest BCUT2D eigenvalue weighted by molar-refractivity contribution is 7.91. The van der Waals surface area contributed by atoms with Crippen molar-refractivity contribution in [1.82, 2.24) is 24.1 Å². The van der Waals surface area contributed by atoms with Gasteiger partial charge in [0.2, 0.25) is 31.9 Å². The molecule has 2 saturated carbocycles. The molecule has 4 aliphatic rings. The number of carbonyl (C=O) groups excluding carboxylic acids is 5. The van der Waals surface area contributed by atoms with Crippen molar-refractivity contribution >= 4 is 55.5 Å². The summed E-state index contributed by atoms with van der Waals surface area (Å²) in [5.41, 5.74) is -2.72. The molecule has 4 amide bonds. The van der Waals surface area contributed by atoms with Gasteiger partial charge in [0.1, 0.15) is 29.1 Å². The topological polar surface area (TPSA) is 249 Å². The Hall–Kier alpha value is -5.48. The number of rotatable bonds is 15. The minimum atomic E-state index is -4.70. The Kier molecular flexibility index (Phi) is 12.4. The molecule has 2 aromatic rings. The first kappa shape index (κ1) is 45.1. The maximum absolute atomic E-state index is 14.8. The van der Waals surface area contributed by atoms with Crippen LogP contribution in [0.5, 0.6) is 0 Å². The fourth-order valence-electron chi connectivity index (χ4n) is 7.57. The molecule has 2 N–H and O–H groups in total. The molecule has 2 aromatic carbocycles. The number of para-hydroxylation sites is 1. The van der Waals surface area contributed by atoms with Crippen LogP contribution in [0.25, 0.3) is 0 Å². The summed E-state index contributed by atoms with van der Waals surface area (Å²) in [4.78, 5) is 81.8. The van der Waals surface area contributed by atoms with E-state index in [2.05, 4.69) is 11.9 Å². The lowest BCUT2D eigenvalue weighted by Gasteiger charge is -2.31. The number of fused-ring (bicyclic) bond motifs is 1. The summed E-state index contributed by atoms with van der Waals surface area (Å²) in [6, 6.07) is 7.40. The third-order valence-electron chi connectivity index (χ3n) is 11.0. The molecule has 0 radical (unpaired) electrons. The van der Waals surface area contributed by atoms with Crippen LogP contribution in [-0.4, -0.2) is 114 Å². The van der Waals surface area contributed by atoms with Crippen molar-refractivity contribution < 1.29 is 59.6 Å². The van der Waals surface area contributed by atoms with Gasteiger partial charge in [-0.05, 0) is 57.7 Å². The van der Waals surface area contributed by atoms with Gasteiger partial charge < -0.3 is 19.7 Å². The molecule has 1 saturated heterocycles.